The molecule has 3 unspecified atom stereocenters. The molecule has 28 heavy (non-hydrogen) atoms. The summed E-state index contributed by atoms with van der Waals surface area (Å²) >= 11 is 0. The molecule has 2 nitrogen and oxygen atoms in total. The molecule has 0 fully saturated rings. The van der Waals surface area contributed by atoms with Gasteiger partial charge in [0.1, 0.15) is 5.82 Å². The van der Waals surface area contributed by atoms with Crippen molar-refractivity contribution in [1.82, 2.24) is 0 Å². The molecule has 0 amide bonds. The van der Waals surface area contributed by atoms with Gasteiger partial charge in [-0.2, -0.15) is 13.2 Å². The van der Waals surface area contributed by atoms with Gasteiger partial charge in [0.05, 0.1) is 11.6 Å². The zero-order valence-corrected chi connectivity index (χ0v) is 15.7. The zero-order valence-electron chi connectivity index (χ0n) is 15.7. The number of hydrogen-bond donors (Lipinski definition) is 1. The Hall–Kier alpha value is -2.21. The highest BCUT2D eigenvalue weighted by Gasteiger charge is 2.46. The number of aliphatic imine (C=N–C) groups is 1. The first-order valence-electron chi connectivity index (χ1n) is 9.42. The van der Waals surface area contributed by atoms with E-state index in [0.29, 0.717) is 12.1 Å². The molecule has 0 saturated carbocycles. The van der Waals surface area contributed by atoms with Crippen molar-refractivity contribution in [3.8, 4) is 0 Å². The fraction of sp³-hybridized carbons (Fsp3) is 0.409. The summed E-state index contributed by atoms with van der Waals surface area (Å²) in [5.74, 6) is -2.27. The van der Waals surface area contributed by atoms with Crippen molar-refractivity contribution in [3.63, 3.8) is 0 Å². The molecular formula is C22H24F4N2. The number of rotatable bonds is 6. The van der Waals surface area contributed by atoms with E-state index in [-0.39, 0.29) is 25.2 Å². The molecule has 0 radical (unpaired) electrons. The van der Waals surface area contributed by atoms with E-state index in [4.69, 9.17) is 5.73 Å². The Morgan fingerprint density at radius 3 is 2.43 bits per heavy atom. The van der Waals surface area contributed by atoms with Crippen molar-refractivity contribution in [1.29, 1.82) is 0 Å². The van der Waals surface area contributed by atoms with Crippen LogP contribution in [0, 0.1) is 11.7 Å². The number of nitrogens with two attached hydrogens (primary N) is 1. The minimum absolute atomic E-state index is 0.00466. The molecule has 0 spiro atoms. The van der Waals surface area contributed by atoms with Crippen LogP contribution in [0.15, 0.2) is 53.5 Å². The van der Waals surface area contributed by atoms with E-state index in [1.165, 1.54) is 12.1 Å². The molecule has 1 aliphatic heterocycles. The van der Waals surface area contributed by atoms with E-state index >= 15 is 0 Å². The van der Waals surface area contributed by atoms with Crippen LogP contribution < -0.4 is 5.73 Å². The topological polar surface area (TPSA) is 38.4 Å². The summed E-state index contributed by atoms with van der Waals surface area (Å²) < 4.78 is 54.7. The molecule has 0 bridgehead atoms. The van der Waals surface area contributed by atoms with Gasteiger partial charge in [-0.25, -0.2) is 4.39 Å². The van der Waals surface area contributed by atoms with Gasteiger partial charge in [-0.1, -0.05) is 30.3 Å². The van der Waals surface area contributed by atoms with Gasteiger partial charge < -0.3 is 5.73 Å². The molecule has 1 heterocycles. The van der Waals surface area contributed by atoms with Crippen LogP contribution in [0.4, 0.5) is 23.2 Å². The van der Waals surface area contributed by atoms with E-state index in [2.05, 4.69) is 4.99 Å². The van der Waals surface area contributed by atoms with Crippen molar-refractivity contribution in [2.75, 3.05) is 6.54 Å². The Morgan fingerprint density at radius 1 is 1.11 bits per heavy atom. The second-order valence-electron chi connectivity index (χ2n) is 7.56. The highest BCUT2D eigenvalue weighted by atomic mass is 19.4. The van der Waals surface area contributed by atoms with Gasteiger partial charge in [0, 0.05) is 17.5 Å². The standard InChI is InChI=1S/C22H24F4N2/c1-21(15-8-10-17(23)11-9-15)14-28-20-7-3-2-6-18(20)19(21)13-16(5-4-12-27)22(24,25)26/h2-3,6-11,14,16,19H,4-5,12-13,27H2,1H3. The zero-order chi connectivity index (χ0) is 20.4. The van der Waals surface area contributed by atoms with Crippen LogP contribution >= 0.6 is 0 Å². The normalized spacial score (nSPS) is 22.7. The molecular weight excluding hydrogens is 368 g/mol. The smallest absolute Gasteiger partial charge is 0.330 e. The summed E-state index contributed by atoms with van der Waals surface area (Å²) in [6.45, 7) is 2.10. The fourth-order valence-electron chi connectivity index (χ4n) is 4.04. The summed E-state index contributed by atoms with van der Waals surface area (Å²) in [4.78, 5) is 4.51. The Morgan fingerprint density at radius 2 is 1.79 bits per heavy atom. The molecule has 3 atom stereocenters. The maximum Gasteiger partial charge on any atom is 0.391 e. The number of benzene rings is 2. The van der Waals surface area contributed by atoms with E-state index in [0.717, 1.165) is 11.1 Å². The van der Waals surface area contributed by atoms with Crippen molar-refractivity contribution in [2.45, 2.75) is 43.7 Å². The third kappa shape index (κ3) is 4.12. The quantitative estimate of drug-likeness (QED) is 0.612. The molecule has 2 aromatic rings. The van der Waals surface area contributed by atoms with Crippen LogP contribution in [-0.4, -0.2) is 18.9 Å². The van der Waals surface area contributed by atoms with Gasteiger partial charge in [-0.3, -0.25) is 4.99 Å². The first kappa shape index (κ1) is 20.5. The summed E-state index contributed by atoms with van der Waals surface area (Å²) in [5, 5.41) is 0. The molecule has 0 aliphatic carbocycles. The van der Waals surface area contributed by atoms with Crippen LogP contribution in [0.25, 0.3) is 0 Å². The van der Waals surface area contributed by atoms with Gasteiger partial charge in [0.15, 0.2) is 0 Å². The third-order valence-electron chi connectivity index (χ3n) is 5.71. The highest BCUT2D eigenvalue weighted by Crippen LogP contribution is 2.50. The summed E-state index contributed by atoms with van der Waals surface area (Å²) in [7, 11) is 0. The van der Waals surface area contributed by atoms with Gasteiger partial charge in [-0.15, -0.1) is 0 Å². The number of hydrogen-bond acceptors (Lipinski definition) is 2. The maximum absolute atomic E-state index is 13.8. The van der Waals surface area contributed by atoms with Crippen molar-refractivity contribution < 1.29 is 17.6 Å². The van der Waals surface area contributed by atoms with Crippen molar-refractivity contribution in [2.24, 2.45) is 16.6 Å². The number of halogens is 4. The molecule has 0 aromatic heterocycles. The second kappa shape index (κ2) is 8.03. The lowest BCUT2D eigenvalue weighted by Crippen LogP contribution is -2.38. The van der Waals surface area contributed by atoms with Gasteiger partial charge in [-0.05, 0) is 62.1 Å². The SMILES string of the molecule is CC1(c2ccc(F)cc2)C=Nc2ccccc2C1CC(CCCN)C(F)(F)F. The Bertz CT molecular complexity index is 829. The molecule has 150 valence electrons. The number of nitrogens with zero attached hydrogens (tertiary/aromatic N) is 1. The van der Waals surface area contributed by atoms with E-state index < -0.39 is 23.4 Å². The average Bonchev–Trinajstić information content (AvgIpc) is 2.66. The Labute approximate surface area is 162 Å². The van der Waals surface area contributed by atoms with Crippen LogP contribution in [0.5, 0.6) is 0 Å². The molecule has 1 aliphatic rings. The van der Waals surface area contributed by atoms with Gasteiger partial charge in [0.25, 0.3) is 0 Å². The first-order valence-corrected chi connectivity index (χ1v) is 9.42. The molecule has 2 aromatic carbocycles. The summed E-state index contributed by atoms with van der Waals surface area (Å²) in [6.07, 6.45) is -2.35. The van der Waals surface area contributed by atoms with Crippen LogP contribution in [0.2, 0.25) is 0 Å². The second-order valence-corrected chi connectivity index (χ2v) is 7.56. The van der Waals surface area contributed by atoms with E-state index in [9.17, 15) is 17.6 Å². The molecule has 2 N–H and O–H groups in total. The van der Waals surface area contributed by atoms with Crippen molar-refractivity contribution in [3.05, 3.63) is 65.5 Å². The van der Waals surface area contributed by atoms with E-state index in [1.54, 1.807) is 18.3 Å². The van der Waals surface area contributed by atoms with Gasteiger partial charge in [0.2, 0.25) is 0 Å². The van der Waals surface area contributed by atoms with Crippen LogP contribution in [0.3, 0.4) is 0 Å². The summed E-state index contributed by atoms with van der Waals surface area (Å²) in [5.41, 5.74) is 6.92. The lowest BCUT2D eigenvalue weighted by molar-refractivity contribution is -0.180. The molecule has 3 rings (SSSR count). The highest BCUT2D eigenvalue weighted by molar-refractivity contribution is 5.82. The lowest BCUT2D eigenvalue weighted by atomic mass is 9.65. The average molecular weight is 392 g/mol. The lowest BCUT2D eigenvalue weighted by Gasteiger charge is -2.40. The molecule has 0 saturated heterocycles. The Balaban J connectivity index is 2.05. The van der Waals surface area contributed by atoms with Gasteiger partial charge >= 0.3 is 6.18 Å². The number of alkyl halides is 3. The number of para-hydroxylation sites is 1. The number of fused-ring (bicyclic) bond motifs is 1. The minimum Gasteiger partial charge on any atom is -0.330 e. The first-order chi connectivity index (χ1) is 13.3. The minimum atomic E-state index is -4.30. The maximum atomic E-state index is 13.8. The summed E-state index contributed by atoms with van der Waals surface area (Å²) in [6, 6.07) is 13.2. The third-order valence-corrected chi connectivity index (χ3v) is 5.71. The largest absolute Gasteiger partial charge is 0.391 e. The monoisotopic (exact) mass is 392 g/mol. The van der Waals surface area contributed by atoms with Crippen LogP contribution in [0.1, 0.15) is 43.2 Å². The van der Waals surface area contributed by atoms with Crippen LogP contribution in [-0.2, 0) is 5.41 Å². The fourth-order valence-corrected chi connectivity index (χ4v) is 4.04. The molecule has 6 heteroatoms. The predicted octanol–water partition coefficient (Wildman–Crippen LogP) is 5.89. The van der Waals surface area contributed by atoms with E-state index in [1.807, 2.05) is 31.2 Å². The predicted molar refractivity (Wildman–Crippen MR) is 104 cm³/mol. The van der Waals surface area contributed by atoms with Crippen molar-refractivity contribution >= 4 is 11.9 Å². The Kier molecular flexibility index (Phi) is 5.89.